The van der Waals surface area contributed by atoms with Crippen molar-refractivity contribution in [1.82, 2.24) is 29.1 Å². The molecule has 2 aromatic heterocycles. The van der Waals surface area contributed by atoms with E-state index in [4.69, 9.17) is 23.2 Å². The number of aliphatic hydroxyl groups is 1. The Morgan fingerprint density at radius 3 is 2.31 bits per heavy atom. The molecule has 2 aliphatic rings. The summed E-state index contributed by atoms with van der Waals surface area (Å²) in [5.74, 6) is 0.548. The fraction of sp³-hybridized carbons (Fsp3) is 0.360. The van der Waals surface area contributed by atoms with Crippen molar-refractivity contribution in [1.29, 1.82) is 0 Å². The first-order chi connectivity index (χ1) is 19.7. The van der Waals surface area contributed by atoms with Gasteiger partial charge in [0.2, 0.25) is 5.95 Å². The van der Waals surface area contributed by atoms with E-state index >= 15 is 0 Å². The van der Waals surface area contributed by atoms with Gasteiger partial charge in [0, 0.05) is 29.1 Å². The molecule has 0 aliphatic carbocycles. The highest BCUT2D eigenvalue weighted by Gasteiger charge is 2.57. The van der Waals surface area contributed by atoms with Gasteiger partial charge in [0.15, 0.2) is 27.6 Å². The zero-order valence-corrected chi connectivity index (χ0v) is 23.9. The van der Waals surface area contributed by atoms with Crippen molar-refractivity contribution in [3.05, 3.63) is 74.9 Å². The van der Waals surface area contributed by atoms with E-state index in [9.17, 15) is 31.5 Å². The highest BCUT2D eigenvalue weighted by molar-refractivity contribution is 7.92. The second-order valence-electron chi connectivity index (χ2n) is 10.5. The van der Waals surface area contributed by atoms with Crippen LogP contribution in [0.3, 0.4) is 0 Å². The lowest BCUT2D eigenvalue weighted by Gasteiger charge is -2.54. The second-order valence-corrected chi connectivity index (χ2v) is 13.4. The molecule has 11 nitrogen and oxygen atoms in total. The maximum Gasteiger partial charge on any atom is 0.416 e. The van der Waals surface area contributed by atoms with Crippen LogP contribution >= 0.6 is 23.2 Å². The standard InChI is InChI=1S/C25H22Cl2F3N7O4S/c26-16-7-5-15(6-8-16)21-33-36(23(39)35(21)9-19(38)25(28,29)30)10-20-31-22(34-11-24(12-34)13-42(40,41)14-24)37(32-20)18-4-2-1-3-17(18)27/h1-8,19,38H,9-14H2. The lowest BCUT2D eigenvalue weighted by molar-refractivity contribution is -0.207. The van der Waals surface area contributed by atoms with E-state index in [1.807, 2.05) is 4.90 Å². The number of aromatic nitrogens is 6. The number of alkyl halides is 3. The van der Waals surface area contributed by atoms with E-state index < -0.39 is 34.4 Å². The molecule has 0 radical (unpaired) electrons. The minimum atomic E-state index is -4.96. The van der Waals surface area contributed by atoms with Gasteiger partial charge < -0.3 is 10.0 Å². The summed E-state index contributed by atoms with van der Waals surface area (Å²) in [6, 6.07) is 12.8. The Morgan fingerprint density at radius 2 is 1.69 bits per heavy atom. The highest BCUT2D eigenvalue weighted by Crippen LogP contribution is 2.43. The molecule has 4 aromatic rings. The van der Waals surface area contributed by atoms with Crippen LogP contribution in [0.15, 0.2) is 53.3 Å². The van der Waals surface area contributed by atoms with Gasteiger partial charge in [0.05, 0.1) is 28.8 Å². The zero-order chi connectivity index (χ0) is 30.0. The van der Waals surface area contributed by atoms with Gasteiger partial charge in [-0.2, -0.15) is 22.8 Å². The Hall–Kier alpha value is -3.40. The molecule has 4 heterocycles. The minimum Gasteiger partial charge on any atom is -0.382 e. The van der Waals surface area contributed by atoms with Crippen LogP contribution in [0.25, 0.3) is 17.1 Å². The Morgan fingerprint density at radius 1 is 1.02 bits per heavy atom. The van der Waals surface area contributed by atoms with Gasteiger partial charge >= 0.3 is 11.9 Å². The Bertz CT molecular complexity index is 1820. The highest BCUT2D eigenvalue weighted by atomic mass is 35.5. The van der Waals surface area contributed by atoms with E-state index in [-0.39, 0.29) is 35.1 Å². The number of hydrogen-bond donors (Lipinski definition) is 1. The predicted molar refractivity (Wildman–Crippen MR) is 148 cm³/mol. The summed E-state index contributed by atoms with van der Waals surface area (Å²) in [4.78, 5) is 19.8. The molecule has 0 amide bonds. The topological polar surface area (TPSA) is 128 Å². The quantitative estimate of drug-likeness (QED) is 0.326. The zero-order valence-electron chi connectivity index (χ0n) is 21.5. The molecule has 2 fully saturated rings. The third kappa shape index (κ3) is 5.29. The van der Waals surface area contributed by atoms with Crippen LogP contribution in [0.2, 0.25) is 10.0 Å². The van der Waals surface area contributed by atoms with Crippen LogP contribution in [0, 0.1) is 5.41 Å². The molecule has 0 bridgehead atoms. The molecule has 1 atom stereocenters. The van der Waals surface area contributed by atoms with Gasteiger partial charge in [-0.3, -0.25) is 4.57 Å². The first-order valence-electron chi connectivity index (χ1n) is 12.6. The molecule has 17 heteroatoms. The van der Waals surface area contributed by atoms with Crippen molar-refractivity contribution in [3.8, 4) is 17.1 Å². The SMILES string of the molecule is O=c1n(Cc2nc(N3CC4(C3)CS(=O)(=O)C4)n(-c3ccccc3Cl)n2)nc(-c2ccc(Cl)cc2)n1CC(O)C(F)(F)F. The van der Waals surface area contributed by atoms with Gasteiger partial charge in [-0.1, -0.05) is 35.3 Å². The van der Waals surface area contributed by atoms with Crippen molar-refractivity contribution < 1.29 is 26.7 Å². The average molecular weight is 644 g/mol. The van der Waals surface area contributed by atoms with Crippen molar-refractivity contribution in [3.63, 3.8) is 0 Å². The molecular formula is C25H22Cl2F3N7O4S. The number of hydrogen-bond acceptors (Lipinski definition) is 8. The van der Waals surface area contributed by atoms with Gasteiger partial charge in [0.25, 0.3) is 0 Å². The van der Waals surface area contributed by atoms with E-state index in [1.165, 1.54) is 28.9 Å². The lowest BCUT2D eigenvalue weighted by atomic mass is 9.83. The largest absolute Gasteiger partial charge is 0.416 e. The predicted octanol–water partition coefficient (Wildman–Crippen LogP) is 2.81. The van der Waals surface area contributed by atoms with Crippen LogP contribution in [-0.2, 0) is 22.9 Å². The Balaban J connectivity index is 1.37. The minimum absolute atomic E-state index is 0.0909. The molecule has 1 spiro atoms. The van der Waals surface area contributed by atoms with Gasteiger partial charge in [-0.15, -0.1) is 10.2 Å². The molecule has 222 valence electrons. The third-order valence-electron chi connectivity index (χ3n) is 7.15. The van der Waals surface area contributed by atoms with Gasteiger partial charge in [0.1, 0.15) is 6.54 Å². The molecule has 2 aliphatic heterocycles. The number of anilines is 1. The fourth-order valence-electron chi connectivity index (χ4n) is 5.31. The summed E-state index contributed by atoms with van der Waals surface area (Å²) >= 11 is 12.4. The van der Waals surface area contributed by atoms with Crippen LogP contribution in [0.4, 0.5) is 19.1 Å². The number of aliphatic hydroxyl groups excluding tert-OH is 1. The lowest BCUT2D eigenvalue weighted by Crippen LogP contribution is -2.69. The first kappa shape index (κ1) is 28.7. The Labute approximate surface area is 246 Å². The van der Waals surface area contributed by atoms with E-state index in [1.54, 1.807) is 24.3 Å². The smallest absolute Gasteiger partial charge is 0.382 e. The fourth-order valence-corrected chi connectivity index (χ4v) is 7.80. The first-order valence-corrected chi connectivity index (χ1v) is 15.2. The molecule has 1 N–H and O–H groups in total. The van der Waals surface area contributed by atoms with Crippen LogP contribution in [-0.4, -0.2) is 79.5 Å². The van der Waals surface area contributed by atoms with Crippen molar-refractivity contribution in [2.24, 2.45) is 5.41 Å². The number of rotatable bonds is 7. The van der Waals surface area contributed by atoms with E-state index in [0.717, 1.165) is 9.25 Å². The number of para-hydroxylation sites is 1. The number of benzene rings is 2. The molecule has 2 saturated heterocycles. The van der Waals surface area contributed by atoms with Crippen LogP contribution in [0.5, 0.6) is 0 Å². The second kappa shape index (κ2) is 10.1. The normalized spacial score (nSPS) is 18.1. The summed E-state index contributed by atoms with van der Waals surface area (Å²) in [6.45, 7) is -0.531. The maximum atomic E-state index is 13.3. The van der Waals surface area contributed by atoms with Crippen molar-refractivity contribution in [2.45, 2.75) is 25.4 Å². The van der Waals surface area contributed by atoms with Gasteiger partial charge in [-0.25, -0.2) is 17.9 Å². The number of sulfone groups is 1. The van der Waals surface area contributed by atoms with Crippen molar-refractivity contribution >= 4 is 39.0 Å². The monoisotopic (exact) mass is 643 g/mol. The third-order valence-corrected chi connectivity index (χ3v) is 9.83. The summed E-state index contributed by atoms with van der Waals surface area (Å²) in [5.41, 5.74) is -0.468. The maximum absolute atomic E-state index is 13.3. The van der Waals surface area contributed by atoms with Gasteiger partial charge in [-0.05, 0) is 36.4 Å². The van der Waals surface area contributed by atoms with Crippen LogP contribution < -0.4 is 10.6 Å². The summed E-state index contributed by atoms with van der Waals surface area (Å²) < 4.78 is 66.3. The molecule has 6 rings (SSSR count). The molecule has 42 heavy (non-hydrogen) atoms. The van der Waals surface area contributed by atoms with Crippen LogP contribution in [0.1, 0.15) is 5.82 Å². The summed E-state index contributed by atoms with van der Waals surface area (Å²) in [7, 11) is -3.04. The molecular weight excluding hydrogens is 622 g/mol. The Kier molecular flexibility index (Phi) is 6.91. The molecule has 0 saturated carbocycles. The van der Waals surface area contributed by atoms with Crippen molar-refractivity contribution in [2.75, 3.05) is 29.5 Å². The number of halogens is 5. The molecule has 1 unspecified atom stereocenters. The van der Waals surface area contributed by atoms with E-state index in [0.29, 0.717) is 40.3 Å². The number of nitrogens with zero attached hydrogens (tertiary/aromatic N) is 7. The summed E-state index contributed by atoms with van der Waals surface area (Å²) in [5, 5.41) is 19.3. The van der Waals surface area contributed by atoms with E-state index in [2.05, 4.69) is 15.2 Å². The molecule has 2 aromatic carbocycles. The summed E-state index contributed by atoms with van der Waals surface area (Å²) in [6.07, 6.45) is -7.77. The average Bonchev–Trinajstić information content (AvgIpc) is 3.42.